The summed E-state index contributed by atoms with van der Waals surface area (Å²) in [5.74, 6) is -0.364. The minimum absolute atomic E-state index is 0.0551. The zero-order valence-electron chi connectivity index (χ0n) is 19.0. The quantitative estimate of drug-likeness (QED) is 0.620. The van der Waals surface area contributed by atoms with Gasteiger partial charge < -0.3 is 5.32 Å². The summed E-state index contributed by atoms with van der Waals surface area (Å²) in [7, 11) is -3.66. The highest BCUT2D eigenvalue weighted by Crippen LogP contribution is 2.27. The molecule has 9 heteroatoms. The molecule has 2 heterocycles. The molecule has 1 aromatic heterocycles. The lowest BCUT2D eigenvalue weighted by Crippen LogP contribution is -2.41. The molecule has 1 aliphatic heterocycles. The normalized spacial score (nSPS) is 17.2. The van der Waals surface area contributed by atoms with Gasteiger partial charge in [-0.1, -0.05) is 24.1 Å². The number of hydrogen-bond acceptors (Lipinski definition) is 5. The van der Waals surface area contributed by atoms with Gasteiger partial charge >= 0.3 is 5.69 Å². The van der Waals surface area contributed by atoms with Gasteiger partial charge in [0, 0.05) is 29.9 Å². The monoisotopic (exact) mass is 468 g/mol. The van der Waals surface area contributed by atoms with Crippen LogP contribution in [0, 0.1) is 13.8 Å². The fraction of sp³-hybridized carbons (Fsp3) is 0.375. The molecular formula is C24H28N4O4S. The maximum Gasteiger partial charge on any atom is 0.348 e. The average molecular weight is 469 g/mol. The van der Waals surface area contributed by atoms with Crippen molar-refractivity contribution in [1.29, 1.82) is 0 Å². The number of carbonyl (C=O) groups excluding carboxylic acids is 1. The van der Waals surface area contributed by atoms with Crippen LogP contribution >= 0.6 is 0 Å². The van der Waals surface area contributed by atoms with Crippen LogP contribution in [-0.2, 0) is 21.4 Å². The molecule has 2 aromatic carbocycles. The Morgan fingerprint density at radius 3 is 2.67 bits per heavy atom. The molecule has 0 aliphatic carbocycles. The van der Waals surface area contributed by atoms with E-state index in [1.54, 1.807) is 10.4 Å². The number of carbonyl (C=O) groups is 1. The Morgan fingerprint density at radius 2 is 1.94 bits per heavy atom. The van der Waals surface area contributed by atoms with Gasteiger partial charge in [0.15, 0.2) is 0 Å². The number of amides is 1. The van der Waals surface area contributed by atoms with Crippen molar-refractivity contribution in [2.45, 2.75) is 57.5 Å². The first-order valence-electron chi connectivity index (χ1n) is 11.1. The molecule has 4 rings (SSSR count). The van der Waals surface area contributed by atoms with Crippen molar-refractivity contribution in [3.63, 3.8) is 0 Å². The fourth-order valence-corrected chi connectivity index (χ4v) is 6.08. The summed E-state index contributed by atoms with van der Waals surface area (Å²) in [6.45, 7) is 6.06. The van der Waals surface area contributed by atoms with Crippen LogP contribution in [0.5, 0.6) is 0 Å². The van der Waals surface area contributed by atoms with Crippen molar-refractivity contribution >= 4 is 32.5 Å². The van der Waals surface area contributed by atoms with Crippen LogP contribution < -0.4 is 11.0 Å². The van der Waals surface area contributed by atoms with E-state index in [1.807, 2.05) is 39.0 Å². The van der Waals surface area contributed by atoms with Crippen molar-refractivity contribution in [2.75, 3.05) is 11.9 Å². The molecule has 1 amide bonds. The predicted octanol–water partition coefficient (Wildman–Crippen LogP) is 3.22. The molecule has 1 unspecified atom stereocenters. The lowest BCUT2D eigenvalue weighted by atomic mass is 10.1. The number of nitrogens with one attached hydrogen (secondary N) is 1. The Bertz CT molecular complexity index is 1380. The number of aromatic nitrogens is 2. The summed E-state index contributed by atoms with van der Waals surface area (Å²) in [6, 6.07) is 10.2. The molecule has 1 saturated heterocycles. The van der Waals surface area contributed by atoms with E-state index in [4.69, 9.17) is 0 Å². The van der Waals surface area contributed by atoms with E-state index < -0.39 is 15.7 Å². The third-order valence-electron chi connectivity index (χ3n) is 6.14. The Hall–Kier alpha value is -3.04. The van der Waals surface area contributed by atoms with Crippen LogP contribution in [0.25, 0.3) is 10.9 Å². The highest BCUT2D eigenvalue weighted by atomic mass is 32.2. The van der Waals surface area contributed by atoms with Crippen molar-refractivity contribution in [3.8, 4) is 0 Å². The topological polar surface area (TPSA) is 101 Å². The van der Waals surface area contributed by atoms with Gasteiger partial charge in [0.25, 0.3) is 0 Å². The summed E-state index contributed by atoms with van der Waals surface area (Å²) in [5, 5.41) is 3.32. The maximum atomic E-state index is 13.2. The Labute approximate surface area is 193 Å². The van der Waals surface area contributed by atoms with Crippen LogP contribution in [0.2, 0.25) is 0 Å². The predicted molar refractivity (Wildman–Crippen MR) is 128 cm³/mol. The van der Waals surface area contributed by atoms with E-state index in [-0.39, 0.29) is 23.4 Å². The summed E-state index contributed by atoms with van der Waals surface area (Å²) in [4.78, 5) is 29.2. The van der Waals surface area contributed by atoms with Gasteiger partial charge in [-0.2, -0.15) is 4.31 Å². The van der Waals surface area contributed by atoms with Crippen molar-refractivity contribution in [3.05, 3.63) is 64.2 Å². The van der Waals surface area contributed by atoms with E-state index >= 15 is 0 Å². The number of nitrogens with zero attached hydrogens (tertiary/aromatic N) is 3. The van der Waals surface area contributed by atoms with Crippen LogP contribution in [-0.4, -0.2) is 40.8 Å². The number of fused-ring (bicyclic) bond motifs is 1. The Morgan fingerprint density at radius 1 is 1.15 bits per heavy atom. The molecule has 8 nitrogen and oxygen atoms in total. The first kappa shape index (κ1) is 23.1. The number of benzene rings is 2. The molecule has 3 aromatic rings. The Balaban J connectivity index is 1.64. The van der Waals surface area contributed by atoms with Gasteiger partial charge in [-0.15, -0.1) is 0 Å². The number of hydrogen-bond donors (Lipinski definition) is 1. The van der Waals surface area contributed by atoms with Crippen molar-refractivity contribution in [1.82, 2.24) is 13.9 Å². The molecule has 1 atom stereocenters. The summed E-state index contributed by atoms with van der Waals surface area (Å²) >= 11 is 0. The van der Waals surface area contributed by atoms with Crippen molar-refractivity contribution < 1.29 is 13.2 Å². The Kier molecular flexibility index (Phi) is 6.36. The number of aryl methyl sites for hydroxylation is 2. The van der Waals surface area contributed by atoms with Crippen molar-refractivity contribution in [2.24, 2.45) is 0 Å². The molecular weight excluding hydrogens is 440 g/mol. The number of anilines is 1. The largest absolute Gasteiger partial charge is 0.348 e. The second-order valence-electron chi connectivity index (χ2n) is 8.67. The standard InChI is InChI=1S/C24H28N4O4S/c1-16-7-9-21(17(2)12-16)26-23(29)15-27-22-10-8-20(13-19(22)14-25-24(27)30)33(31,32)28-11-5-4-6-18(28)3/h7-10,12-14,18H,4-6,11,15H2,1-3H3,(H,26,29). The second kappa shape index (κ2) is 9.07. The molecule has 1 fully saturated rings. The number of piperidine rings is 1. The first-order chi connectivity index (χ1) is 15.7. The van der Waals surface area contributed by atoms with Gasteiger partial charge in [-0.25, -0.2) is 18.2 Å². The van der Waals surface area contributed by atoms with E-state index in [0.717, 1.165) is 30.4 Å². The lowest BCUT2D eigenvalue weighted by molar-refractivity contribution is -0.116. The average Bonchev–Trinajstić information content (AvgIpc) is 2.77. The maximum absolute atomic E-state index is 13.2. The first-order valence-corrected chi connectivity index (χ1v) is 12.5. The van der Waals surface area contributed by atoms with E-state index in [2.05, 4.69) is 10.3 Å². The van der Waals surface area contributed by atoms with Crippen LogP contribution in [0.1, 0.15) is 37.3 Å². The fourth-order valence-electron chi connectivity index (χ4n) is 4.34. The number of rotatable bonds is 5. The molecule has 0 spiro atoms. The SMILES string of the molecule is Cc1ccc(NC(=O)Cn2c(=O)ncc3cc(S(=O)(=O)N4CCCCC4C)ccc32)c(C)c1. The molecule has 0 saturated carbocycles. The molecule has 33 heavy (non-hydrogen) atoms. The minimum atomic E-state index is -3.66. The summed E-state index contributed by atoms with van der Waals surface area (Å²) in [6.07, 6.45) is 4.05. The molecule has 1 aliphatic rings. The van der Waals surface area contributed by atoms with Crippen LogP contribution in [0.3, 0.4) is 0 Å². The highest BCUT2D eigenvalue weighted by Gasteiger charge is 2.31. The zero-order chi connectivity index (χ0) is 23.8. The lowest BCUT2D eigenvalue weighted by Gasteiger charge is -2.32. The molecule has 0 bridgehead atoms. The van der Waals surface area contributed by atoms with Gasteiger partial charge in [-0.3, -0.25) is 9.36 Å². The van der Waals surface area contributed by atoms with Gasteiger partial charge in [0.2, 0.25) is 15.9 Å². The third kappa shape index (κ3) is 4.69. The highest BCUT2D eigenvalue weighted by molar-refractivity contribution is 7.89. The third-order valence-corrected chi connectivity index (χ3v) is 8.15. The summed E-state index contributed by atoms with van der Waals surface area (Å²) in [5.41, 5.74) is 2.57. The van der Waals surface area contributed by atoms with Gasteiger partial charge in [0.1, 0.15) is 6.54 Å². The summed E-state index contributed by atoms with van der Waals surface area (Å²) < 4.78 is 29.2. The number of sulfonamides is 1. The zero-order valence-corrected chi connectivity index (χ0v) is 19.9. The smallest absolute Gasteiger partial charge is 0.324 e. The van der Waals surface area contributed by atoms with Gasteiger partial charge in [0.05, 0.1) is 10.4 Å². The second-order valence-corrected chi connectivity index (χ2v) is 10.6. The van der Waals surface area contributed by atoms with E-state index in [1.165, 1.54) is 22.9 Å². The van der Waals surface area contributed by atoms with E-state index in [0.29, 0.717) is 23.1 Å². The van der Waals surface area contributed by atoms with Crippen LogP contribution in [0.4, 0.5) is 5.69 Å². The van der Waals surface area contributed by atoms with Gasteiger partial charge in [-0.05, 0) is 63.4 Å². The molecule has 1 N–H and O–H groups in total. The molecule has 174 valence electrons. The van der Waals surface area contributed by atoms with Crippen LogP contribution in [0.15, 0.2) is 52.3 Å². The molecule has 0 radical (unpaired) electrons. The minimum Gasteiger partial charge on any atom is -0.324 e. The van der Waals surface area contributed by atoms with E-state index in [9.17, 15) is 18.0 Å².